The molecular formula is C18H22O5. The molecule has 1 aromatic rings. The van der Waals surface area contributed by atoms with E-state index >= 15 is 0 Å². The molecule has 124 valence electrons. The molecule has 1 fully saturated rings. The van der Waals surface area contributed by atoms with Gasteiger partial charge < -0.3 is 14.2 Å². The van der Waals surface area contributed by atoms with E-state index in [0.717, 1.165) is 18.4 Å². The minimum Gasteiger partial charge on any atom is -0.450 e. The Hall–Kier alpha value is -2.14. The van der Waals surface area contributed by atoms with Crippen LogP contribution in [0.3, 0.4) is 0 Å². The summed E-state index contributed by atoms with van der Waals surface area (Å²) < 4.78 is 16.2. The van der Waals surface area contributed by atoms with Crippen LogP contribution in [0.5, 0.6) is 0 Å². The lowest BCUT2D eigenvalue weighted by atomic mass is 9.89. The molecule has 0 spiro atoms. The lowest BCUT2D eigenvalue weighted by molar-refractivity contribution is -0.181. The Balaban J connectivity index is 2.15. The monoisotopic (exact) mass is 318 g/mol. The van der Waals surface area contributed by atoms with E-state index in [-0.39, 0.29) is 11.7 Å². The Morgan fingerprint density at radius 1 is 1.30 bits per heavy atom. The molecule has 0 aliphatic heterocycles. The van der Waals surface area contributed by atoms with Gasteiger partial charge in [0.15, 0.2) is 12.2 Å². The highest BCUT2D eigenvalue weighted by molar-refractivity contribution is 5.88. The van der Waals surface area contributed by atoms with Gasteiger partial charge in [-0.25, -0.2) is 9.59 Å². The Morgan fingerprint density at radius 2 is 2.00 bits per heavy atom. The third-order valence-electron chi connectivity index (χ3n) is 4.05. The highest BCUT2D eigenvalue weighted by Crippen LogP contribution is 2.43. The van der Waals surface area contributed by atoms with Gasteiger partial charge in [0.05, 0.1) is 0 Å². The number of esters is 2. The molecule has 5 heteroatoms. The van der Waals surface area contributed by atoms with Gasteiger partial charge in [0.25, 0.3) is 0 Å². The molecule has 1 aromatic carbocycles. The second kappa shape index (κ2) is 7.42. The summed E-state index contributed by atoms with van der Waals surface area (Å²) in [5, 5.41) is 0. The van der Waals surface area contributed by atoms with Crippen LogP contribution in [0.25, 0.3) is 0 Å². The van der Waals surface area contributed by atoms with E-state index in [1.807, 2.05) is 30.3 Å². The molecule has 0 saturated heterocycles. The average molecular weight is 318 g/mol. The molecule has 23 heavy (non-hydrogen) atoms. The summed E-state index contributed by atoms with van der Waals surface area (Å²) in [6.07, 6.45) is 2.16. The van der Waals surface area contributed by atoms with Crippen molar-refractivity contribution in [3.63, 3.8) is 0 Å². The van der Waals surface area contributed by atoms with Crippen LogP contribution < -0.4 is 0 Å². The van der Waals surface area contributed by atoms with Crippen molar-refractivity contribution in [3.8, 4) is 0 Å². The Morgan fingerprint density at radius 3 is 2.61 bits per heavy atom. The van der Waals surface area contributed by atoms with E-state index in [0.29, 0.717) is 6.42 Å². The van der Waals surface area contributed by atoms with E-state index in [1.54, 1.807) is 7.11 Å². The van der Waals surface area contributed by atoms with E-state index in [1.165, 1.54) is 6.92 Å². The van der Waals surface area contributed by atoms with Crippen molar-refractivity contribution in [2.75, 3.05) is 13.7 Å². The minimum absolute atomic E-state index is 0.217. The van der Waals surface area contributed by atoms with Crippen LogP contribution in [0.15, 0.2) is 42.5 Å². The van der Waals surface area contributed by atoms with Crippen LogP contribution in [-0.4, -0.2) is 31.8 Å². The zero-order valence-electron chi connectivity index (χ0n) is 13.5. The molecule has 1 aliphatic carbocycles. The number of carbonyl (C=O) groups excluding carboxylic acids is 2. The summed E-state index contributed by atoms with van der Waals surface area (Å²) in [5.74, 6) is -1.20. The third-order valence-corrected chi connectivity index (χ3v) is 4.05. The second-order valence-electron chi connectivity index (χ2n) is 5.70. The second-order valence-corrected chi connectivity index (χ2v) is 5.70. The first-order chi connectivity index (χ1) is 11.0. The van der Waals surface area contributed by atoms with Gasteiger partial charge in [-0.1, -0.05) is 36.9 Å². The third kappa shape index (κ3) is 3.79. The first kappa shape index (κ1) is 17.2. The molecular weight excluding hydrogens is 296 g/mol. The molecule has 0 radical (unpaired) electrons. The van der Waals surface area contributed by atoms with Crippen LogP contribution in [0, 0.1) is 0 Å². The molecule has 5 nitrogen and oxygen atoms in total. The van der Waals surface area contributed by atoms with Gasteiger partial charge in [0.2, 0.25) is 0 Å². The van der Waals surface area contributed by atoms with Gasteiger partial charge in [-0.15, -0.1) is 0 Å². The van der Waals surface area contributed by atoms with Crippen molar-refractivity contribution in [2.45, 2.75) is 37.9 Å². The predicted octanol–water partition coefficient (Wildman–Crippen LogP) is 2.74. The Labute approximate surface area is 136 Å². The Kier molecular flexibility index (Phi) is 5.55. The molecule has 2 rings (SSSR count). The summed E-state index contributed by atoms with van der Waals surface area (Å²) in [5.41, 5.74) is 0.304. The van der Waals surface area contributed by atoms with Gasteiger partial charge in [-0.2, -0.15) is 0 Å². The number of carbonyl (C=O) groups is 2. The fraction of sp³-hybridized carbons (Fsp3) is 0.444. The maximum Gasteiger partial charge on any atom is 0.345 e. The van der Waals surface area contributed by atoms with Crippen molar-refractivity contribution in [1.82, 2.24) is 0 Å². The number of methoxy groups -OCH3 is 1. The van der Waals surface area contributed by atoms with Crippen LogP contribution in [0.4, 0.5) is 0 Å². The molecule has 2 unspecified atom stereocenters. The number of hydrogen-bond donors (Lipinski definition) is 0. The Bertz CT molecular complexity index is 580. The van der Waals surface area contributed by atoms with Crippen molar-refractivity contribution in [3.05, 3.63) is 48.0 Å². The number of hydrogen-bond acceptors (Lipinski definition) is 5. The largest absolute Gasteiger partial charge is 0.450 e. The SMILES string of the molecule is C=C(C)C(=O)OCC(=O)OC1(c2ccccc2)CCCC1OC. The summed E-state index contributed by atoms with van der Waals surface area (Å²) in [6, 6.07) is 9.55. The first-order valence-electron chi connectivity index (χ1n) is 7.62. The van der Waals surface area contributed by atoms with Crippen LogP contribution in [0.2, 0.25) is 0 Å². The standard InChI is InChI=1S/C18H22O5/c1-13(2)17(20)22-12-16(19)23-18(11-7-10-15(18)21-3)14-8-5-4-6-9-14/h4-6,8-9,15H,1,7,10-12H2,2-3H3. The predicted molar refractivity (Wildman–Crippen MR) is 84.6 cm³/mol. The number of rotatable bonds is 6. The molecule has 0 heterocycles. The molecule has 0 amide bonds. The van der Waals surface area contributed by atoms with E-state index in [2.05, 4.69) is 6.58 Å². The quantitative estimate of drug-likeness (QED) is 0.596. The van der Waals surface area contributed by atoms with Crippen LogP contribution >= 0.6 is 0 Å². The summed E-state index contributed by atoms with van der Waals surface area (Å²) >= 11 is 0. The zero-order valence-corrected chi connectivity index (χ0v) is 13.5. The first-order valence-corrected chi connectivity index (χ1v) is 7.62. The molecule has 2 atom stereocenters. The zero-order chi connectivity index (χ0) is 16.9. The fourth-order valence-corrected chi connectivity index (χ4v) is 2.96. The van der Waals surface area contributed by atoms with Crippen molar-refractivity contribution in [2.24, 2.45) is 0 Å². The van der Waals surface area contributed by atoms with Gasteiger partial charge >= 0.3 is 11.9 Å². The topological polar surface area (TPSA) is 61.8 Å². The van der Waals surface area contributed by atoms with E-state index in [9.17, 15) is 9.59 Å². The number of benzene rings is 1. The maximum atomic E-state index is 12.2. The summed E-state index contributed by atoms with van der Waals surface area (Å²) in [4.78, 5) is 23.6. The molecule has 1 aliphatic rings. The normalized spacial score (nSPS) is 23.3. The van der Waals surface area contributed by atoms with Gasteiger partial charge in [-0.05, 0) is 31.7 Å². The van der Waals surface area contributed by atoms with Crippen LogP contribution in [-0.2, 0) is 29.4 Å². The van der Waals surface area contributed by atoms with E-state index < -0.39 is 24.1 Å². The fourth-order valence-electron chi connectivity index (χ4n) is 2.96. The highest BCUT2D eigenvalue weighted by Gasteiger charge is 2.48. The summed E-state index contributed by atoms with van der Waals surface area (Å²) in [7, 11) is 1.61. The minimum atomic E-state index is -0.831. The molecule has 0 aromatic heterocycles. The van der Waals surface area contributed by atoms with Gasteiger partial charge in [0, 0.05) is 12.7 Å². The van der Waals surface area contributed by atoms with E-state index in [4.69, 9.17) is 14.2 Å². The maximum absolute atomic E-state index is 12.2. The average Bonchev–Trinajstić information content (AvgIpc) is 2.97. The van der Waals surface area contributed by atoms with Crippen molar-refractivity contribution >= 4 is 11.9 Å². The van der Waals surface area contributed by atoms with Gasteiger partial charge in [-0.3, -0.25) is 0 Å². The van der Waals surface area contributed by atoms with Gasteiger partial charge in [0.1, 0.15) is 6.10 Å². The molecule has 1 saturated carbocycles. The molecule has 0 bridgehead atoms. The van der Waals surface area contributed by atoms with Crippen molar-refractivity contribution < 1.29 is 23.8 Å². The lowest BCUT2D eigenvalue weighted by Gasteiger charge is -2.34. The molecule has 0 N–H and O–H groups in total. The lowest BCUT2D eigenvalue weighted by Crippen LogP contribution is -2.41. The van der Waals surface area contributed by atoms with Crippen LogP contribution in [0.1, 0.15) is 31.7 Å². The number of ether oxygens (including phenoxy) is 3. The highest BCUT2D eigenvalue weighted by atomic mass is 16.6. The smallest absolute Gasteiger partial charge is 0.345 e. The van der Waals surface area contributed by atoms with Crippen molar-refractivity contribution in [1.29, 1.82) is 0 Å². The summed E-state index contributed by atoms with van der Waals surface area (Å²) in [6.45, 7) is 4.57.